The van der Waals surface area contributed by atoms with Gasteiger partial charge in [0.1, 0.15) is 0 Å². The summed E-state index contributed by atoms with van der Waals surface area (Å²) in [6.07, 6.45) is 5.30. The minimum absolute atomic E-state index is 0.196. The fourth-order valence-corrected chi connectivity index (χ4v) is 3.62. The molecule has 0 aromatic carbocycles. The van der Waals surface area contributed by atoms with Gasteiger partial charge in [0.15, 0.2) is 0 Å². The summed E-state index contributed by atoms with van der Waals surface area (Å²) in [4.78, 5) is 2.78. The van der Waals surface area contributed by atoms with E-state index in [0.29, 0.717) is 5.92 Å². The monoisotopic (exact) mass is 291 g/mol. The Hall–Kier alpha value is -1.17. The van der Waals surface area contributed by atoms with E-state index in [1.165, 1.54) is 15.3 Å². The Labute approximate surface area is 123 Å². The first-order valence-corrected chi connectivity index (χ1v) is 7.90. The van der Waals surface area contributed by atoms with E-state index in [0.717, 1.165) is 26.1 Å². The van der Waals surface area contributed by atoms with Crippen LogP contribution in [0.1, 0.15) is 27.8 Å². The lowest BCUT2D eigenvalue weighted by Gasteiger charge is -2.17. The van der Waals surface area contributed by atoms with Crippen molar-refractivity contribution < 1.29 is 4.74 Å². The molecule has 1 saturated heterocycles. The molecule has 0 unspecified atom stereocenters. The topological polar surface area (TPSA) is 39.1 Å². The molecule has 2 atom stereocenters. The van der Waals surface area contributed by atoms with Crippen molar-refractivity contribution in [1.82, 2.24) is 15.1 Å². The SMILES string of the molecule is Cc1ccc(CNC[C@@H]2CCO[C@H]2c2cnn(C)c2)s1. The lowest BCUT2D eigenvalue weighted by molar-refractivity contribution is 0.0904. The minimum Gasteiger partial charge on any atom is -0.373 e. The average Bonchev–Trinajstić information content (AvgIpc) is 3.11. The second kappa shape index (κ2) is 6.08. The zero-order valence-corrected chi connectivity index (χ0v) is 12.8. The fourth-order valence-electron chi connectivity index (χ4n) is 2.76. The van der Waals surface area contributed by atoms with Gasteiger partial charge in [-0.05, 0) is 25.5 Å². The van der Waals surface area contributed by atoms with Crippen LogP contribution in [0.3, 0.4) is 0 Å². The first kappa shape index (κ1) is 13.8. The van der Waals surface area contributed by atoms with Gasteiger partial charge in [0.25, 0.3) is 0 Å². The van der Waals surface area contributed by atoms with Crippen LogP contribution in [-0.2, 0) is 18.3 Å². The molecule has 3 rings (SSSR count). The van der Waals surface area contributed by atoms with Crippen molar-refractivity contribution in [3.8, 4) is 0 Å². The van der Waals surface area contributed by atoms with Crippen LogP contribution in [0.25, 0.3) is 0 Å². The van der Waals surface area contributed by atoms with Crippen molar-refractivity contribution in [2.75, 3.05) is 13.2 Å². The van der Waals surface area contributed by atoms with Gasteiger partial charge in [-0.1, -0.05) is 0 Å². The number of nitrogens with zero attached hydrogens (tertiary/aromatic N) is 2. The first-order chi connectivity index (χ1) is 9.72. The van der Waals surface area contributed by atoms with Crippen molar-refractivity contribution in [2.45, 2.75) is 26.0 Å². The Morgan fingerprint density at radius 2 is 2.40 bits per heavy atom. The second-order valence-electron chi connectivity index (χ2n) is 5.43. The van der Waals surface area contributed by atoms with Crippen LogP contribution in [0, 0.1) is 12.8 Å². The lowest BCUT2D eigenvalue weighted by atomic mass is 9.97. The molecule has 3 heterocycles. The molecule has 5 heteroatoms. The van der Waals surface area contributed by atoms with E-state index in [1.807, 2.05) is 29.3 Å². The zero-order valence-electron chi connectivity index (χ0n) is 12.0. The summed E-state index contributed by atoms with van der Waals surface area (Å²) in [5.74, 6) is 0.542. The first-order valence-electron chi connectivity index (χ1n) is 7.08. The zero-order chi connectivity index (χ0) is 13.9. The molecule has 1 N–H and O–H groups in total. The van der Waals surface area contributed by atoms with Gasteiger partial charge >= 0.3 is 0 Å². The van der Waals surface area contributed by atoms with Gasteiger partial charge in [-0.25, -0.2) is 0 Å². The Kier molecular flexibility index (Phi) is 4.19. The van der Waals surface area contributed by atoms with E-state index in [9.17, 15) is 0 Å². The molecular weight excluding hydrogens is 270 g/mol. The molecule has 108 valence electrons. The smallest absolute Gasteiger partial charge is 0.0896 e. The van der Waals surface area contributed by atoms with Gasteiger partial charge in [0.05, 0.1) is 12.3 Å². The molecule has 2 aromatic rings. The number of aromatic nitrogens is 2. The maximum atomic E-state index is 5.88. The number of nitrogens with one attached hydrogen (secondary N) is 1. The lowest BCUT2D eigenvalue weighted by Crippen LogP contribution is -2.24. The molecule has 0 saturated carbocycles. The van der Waals surface area contributed by atoms with Crippen LogP contribution >= 0.6 is 11.3 Å². The Bertz CT molecular complexity index is 563. The Morgan fingerprint density at radius 1 is 1.50 bits per heavy atom. The second-order valence-corrected chi connectivity index (χ2v) is 6.80. The third-order valence-electron chi connectivity index (χ3n) is 3.77. The number of hydrogen-bond acceptors (Lipinski definition) is 4. The summed E-state index contributed by atoms with van der Waals surface area (Å²) in [6.45, 7) is 4.95. The van der Waals surface area contributed by atoms with Crippen molar-refractivity contribution in [3.63, 3.8) is 0 Å². The van der Waals surface area contributed by atoms with Crippen LogP contribution in [-0.4, -0.2) is 22.9 Å². The quantitative estimate of drug-likeness (QED) is 0.920. The van der Waals surface area contributed by atoms with Crippen molar-refractivity contribution >= 4 is 11.3 Å². The number of rotatable bonds is 5. The molecule has 1 fully saturated rings. The molecular formula is C15H21N3OS. The maximum absolute atomic E-state index is 5.88. The summed E-state index contributed by atoms with van der Waals surface area (Å²) in [7, 11) is 1.95. The van der Waals surface area contributed by atoms with E-state index in [4.69, 9.17) is 4.74 Å². The molecule has 0 spiro atoms. The molecule has 0 amide bonds. The predicted molar refractivity (Wildman–Crippen MR) is 80.8 cm³/mol. The van der Waals surface area contributed by atoms with Crippen LogP contribution in [0.15, 0.2) is 24.5 Å². The summed E-state index contributed by atoms with van der Waals surface area (Å²) in [5.41, 5.74) is 1.20. The fraction of sp³-hybridized carbons (Fsp3) is 0.533. The molecule has 0 bridgehead atoms. The number of ether oxygens (including phenoxy) is 1. The average molecular weight is 291 g/mol. The standard InChI is InChI=1S/C15H21N3OS/c1-11-3-4-14(20-11)9-16-7-12-5-6-19-15(12)13-8-17-18(2)10-13/h3-4,8,10,12,15-16H,5-7,9H2,1-2H3/t12-,15+/m0/s1. The summed E-state index contributed by atoms with van der Waals surface area (Å²) in [5, 5.41) is 7.81. The minimum atomic E-state index is 0.196. The van der Waals surface area contributed by atoms with Gasteiger partial charge < -0.3 is 10.1 Å². The largest absolute Gasteiger partial charge is 0.373 e. The normalized spacial score (nSPS) is 22.5. The number of hydrogen-bond donors (Lipinski definition) is 1. The van der Waals surface area contributed by atoms with Crippen LogP contribution < -0.4 is 5.32 Å². The van der Waals surface area contributed by atoms with Crippen molar-refractivity contribution in [1.29, 1.82) is 0 Å². The molecule has 1 aliphatic heterocycles. The predicted octanol–water partition coefficient (Wildman–Crippen LogP) is 2.66. The highest BCUT2D eigenvalue weighted by atomic mass is 32.1. The van der Waals surface area contributed by atoms with Gasteiger partial charge in [-0.2, -0.15) is 5.10 Å². The number of aryl methyl sites for hydroxylation is 2. The highest BCUT2D eigenvalue weighted by molar-refractivity contribution is 7.11. The van der Waals surface area contributed by atoms with E-state index in [-0.39, 0.29) is 6.10 Å². The van der Waals surface area contributed by atoms with E-state index < -0.39 is 0 Å². The maximum Gasteiger partial charge on any atom is 0.0896 e. The highest BCUT2D eigenvalue weighted by Gasteiger charge is 2.30. The molecule has 2 aromatic heterocycles. The number of thiophene rings is 1. The summed E-state index contributed by atoms with van der Waals surface area (Å²) >= 11 is 1.86. The van der Waals surface area contributed by atoms with Crippen molar-refractivity contribution in [2.24, 2.45) is 13.0 Å². The summed E-state index contributed by atoms with van der Waals surface area (Å²) in [6, 6.07) is 4.38. The van der Waals surface area contributed by atoms with Crippen molar-refractivity contribution in [3.05, 3.63) is 39.8 Å². The molecule has 1 aliphatic rings. The third-order valence-corrected chi connectivity index (χ3v) is 4.77. The third kappa shape index (κ3) is 3.11. The molecule has 20 heavy (non-hydrogen) atoms. The Balaban J connectivity index is 1.54. The van der Waals surface area contributed by atoms with E-state index in [2.05, 4.69) is 35.7 Å². The van der Waals surface area contributed by atoms with Gasteiger partial charge in [-0.3, -0.25) is 4.68 Å². The van der Waals surface area contributed by atoms with E-state index in [1.54, 1.807) is 0 Å². The van der Waals surface area contributed by atoms with Crippen LogP contribution in [0.2, 0.25) is 0 Å². The van der Waals surface area contributed by atoms with Gasteiger partial charge in [0, 0.05) is 54.2 Å². The molecule has 4 nitrogen and oxygen atoms in total. The van der Waals surface area contributed by atoms with Crippen LogP contribution in [0.4, 0.5) is 0 Å². The highest BCUT2D eigenvalue weighted by Crippen LogP contribution is 2.33. The summed E-state index contributed by atoms with van der Waals surface area (Å²) < 4.78 is 7.72. The van der Waals surface area contributed by atoms with Gasteiger partial charge in [0.2, 0.25) is 0 Å². The molecule has 0 aliphatic carbocycles. The van der Waals surface area contributed by atoms with Crippen LogP contribution in [0.5, 0.6) is 0 Å². The van der Waals surface area contributed by atoms with E-state index >= 15 is 0 Å². The van der Waals surface area contributed by atoms with Gasteiger partial charge in [-0.15, -0.1) is 11.3 Å². The molecule has 0 radical (unpaired) electrons. The Morgan fingerprint density at radius 3 is 3.10 bits per heavy atom.